The third-order valence-corrected chi connectivity index (χ3v) is 3.76. The molecule has 0 bridgehead atoms. The minimum atomic E-state index is -0.391. The van der Waals surface area contributed by atoms with E-state index in [-0.39, 0.29) is 5.69 Å². The van der Waals surface area contributed by atoms with Crippen LogP contribution in [0.25, 0.3) is 0 Å². The van der Waals surface area contributed by atoms with E-state index in [1.54, 1.807) is 23.5 Å². The highest BCUT2D eigenvalue weighted by atomic mass is 79.9. The number of halogens is 2. The van der Waals surface area contributed by atoms with Crippen molar-refractivity contribution in [2.24, 2.45) is 0 Å². The third kappa shape index (κ3) is 2.54. The maximum atomic E-state index is 13.1. The van der Waals surface area contributed by atoms with E-state index in [0.29, 0.717) is 12.2 Å². The van der Waals surface area contributed by atoms with Gasteiger partial charge in [0.1, 0.15) is 5.82 Å². The average molecular weight is 301 g/mol. The molecule has 16 heavy (non-hydrogen) atoms. The van der Waals surface area contributed by atoms with Gasteiger partial charge in [-0.3, -0.25) is 0 Å². The van der Waals surface area contributed by atoms with Crippen LogP contribution in [0.4, 0.5) is 15.8 Å². The number of para-hydroxylation sites is 1. The Balaban J connectivity index is 2.07. The van der Waals surface area contributed by atoms with E-state index in [1.165, 1.54) is 6.07 Å². The first-order chi connectivity index (χ1) is 7.66. The Labute approximate surface area is 105 Å². The van der Waals surface area contributed by atoms with Crippen molar-refractivity contribution in [3.05, 3.63) is 44.8 Å². The van der Waals surface area contributed by atoms with Gasteiger partial charge in [0.15, 0.2) is 0 Å². The molecule has 0 saturated heterocycles. The molecule has 0 amide bonds. The molecule has 2 rings (SSSR count). The number of benzene rings is 1. The van der Waals surface area contributed by atoms with Crippen molar-refractivity contribution in [1.82, 2.24) is 0 Å². The van der Waals surface area contributed by atoms with E-state index in [0.717, 1.165) is 8.66 Å². The monoisotopic (exact) mass is 300 g/mol. The van der Waals surface area contributed by atoms with Crippen molar-refractivity contribution in [2.75, 3.05) is 11.1 Å². The van der Waals surface area contributed by atoms with Gasteiger partial charge in [-0.15, -0.1) is 11.3 Å². The fourth-order valence-electron chi connectivity index (χ4n) is 1.32. The highest BCUT2D eigenvalue weighted by molar-refractivity contribution is 9.11. The van der Waals surface area contributed by atoms with Gasteiger partial charge in [-0.1, -0.05) is 6.07 Å². The normalized spacial score (nSPS) is 10.4. The predicted molar refractivity (Wildman–Crippen MR) is 70.2 cm³/mol. The van der Waals surface area contributed by atoms with Crippen LogP contribution in [0.2, 0.25) is 0 Å². The molecule has 2 nitrogen and oxygen atoms in total. The molecular weight excluding hydrogens is 291 g/mol. The lowest BCUT2D eigenvalue weighted by Crippen LogP contribution is -2.02. The summed E-state index contributed by atoms with van der Waals surface area (Å²) in [6.45, 7) is 0.643. The van der Waals surface area contributed by atoms with Crippen molar-refractivity contribution in [3.63, 3.8) is 0 Å². The highest BCUT2D eigenvalue weighted by Crippen LogP contribution is 2.25. The lowest BCUT2D eigenvalue weighted by atomic mass is 10.2. The zero-order valence-corrected chi connectivity index (χ0v) is 10.7. The van der Waals surface area contributed by atoms with Gasteiger partial charge in [-0.05, 0) is 40.2 Å². The van der Waals surface area contributed by atoms with E-state index in [9.17, 15) is 4.39 Å². The fourth-order valence-corrected chi connectivity index (χ4v) is 2.74. The standard InChI is InChI=1S/C11H10BrFN2S/c12-10-5-4-7(16-10)6-15-9-3-1-2-8(13)11(9)14/h1-5,15H,6,14H2. The minimum Gasteiger partial charge on any atom is -0.395 e. The van der Waals surface area contributed by atoms with Crippen molar-refractivity contribution in [3.8, 4) is 0 Å². The molecule has 0 atom stereocenters. The molecular formula is C11H10BrFN2S. The molecule has 0 radical (unpaired) electrons. The van der Waals surface area contributed by atoms with Crippen LogP contribution in [0, 0.1) is 5.82 Å². The first kappa shape index (κ1) is 11.4. The van der Waals surface area contributed by atoms with Gasteiger partial charge in [0.25, 0.3) is 0 Å². The molecule has 1 aromatic heterocycles. The minimum absolute atomic E-state index is 0.165. The summed E-state index contributed by atoms with van der Waals surface area (Å²) in [7, 11) is 0. The molecule has 2 aromatic rings. The van der Waals surface area contributed by atoms with Gasteiger partial charge in [-0.25, -0.2) is 4.39 Å². The number of rotatable bonds is 3. The SMILES string of the molecule is Nc1c(F)cccc1NCc1ccc(Br)s1. The van der Waals surface area contributed by atoms with Crippen molar-refractivity contribution >= 4 is 38.6 Å². The van der Waals surface area contributed by atoms with Crippen LogP contribution in [0.3, 0.4) is 0 Å². The van der Waals surface area contributed by atoms with Gasteiger partial charge in [0.2, 0.25) is 0 Å². The van der Waals surface area contributed by atoms with Crippen molar-refractivity contribution in [2.45, 2.75) is 6.54 Å². The summed E-state index contributed by atoms with van der Waals surface area (Å²) in [5.74, 6) is -0.391. The lowest BCUT2D eigenvalue weighted by Gasteiger charge is -2.08. The number of nitrogens with two attached hydrogens (primary N) is 1. The van der Waals surface area contributed by atoms with E-state index in [2.05, 4.69) is 21.2 Å². The van der Waals surface area contributed by atoms with E-state index in [4.69, 9.17) is 5.73 Å². The molecule has 5 heteroatoms. The Morgan fingerprint density at radius 1 is 1.31 bits per heavy atom. The third-order valence-electron chi connectivity index (χ3n) is 2.13. The molecule has 0 unspecified atom stereocenters. The average Bonchev–Trinajstić information content (AvgIpc) is 2.67. The Morgan fingerprint density at radius 2 is 2.12 bits per heavy atom. The molecule has 0 fully saturated rings. The van der Waals surface area contributed by atoms with Gasteiger partial charge in [-0.2, -0.15) is 0 Å². The van der Waals surface area contributed by atoms with Gasteiger partial charge in [0.05, 0.1) is 15.2 Å². The van der Waals surface area contributed by atoms with Gasteiger partial charge in [0, 0.05) is 11.4 Å². The van der Waals surface area contributed by atoms with Crippen LogP contribution >= 0.6 is 27.3 Å². The summed E-state index contributed by atoms with van der Waals surface area (Å²) >= 11 is 5.03. The summed E-state index contributed by atoms with van der Waals surface area (Å²) in [5.41, 5.74) is 6.40. The van der Waals surface area contributed by atoms with Crippen LogP contribution in [0.1, 0.15) is 4.88 Å². The smallest absolute Gasteiger partial charge is 0.148 e. The van der Waals surface area contributed by atoms with Gasteiger partial charge >= 0.3 is 0 Å². The number of nitrogen functional groups attached to an aromatic ring is 1. The Hall–Kier alpha value is -1.07. The van der Waals surface area contributed by atoms with Crippen molar-refractivity contribution in [1.29, 1.82) is 0 Å². The molecule has 84 valence electrons. The molecule has 1 heterocycles. The van der Waals surface area contributed by atoms with Crippen LogP contribution in [-0.4, -0.2) is 0 Å². The molecule has 0 aliphatic heterocycles. The topological polar surface area (TPSA) is 38.0 Å². The number of anilines is 2. The first-order valence-corrected chi connectivity index (χ1v) is 6.30. The summed E-state index contributed by atoms with van der Waals surface area (Å²) in [4.78, 5) is 1.16. The molecule has 0 spiro atoms. The molecule has 0 aliphatic carbocycles. The van der Waals surface area contributed by atoms with E-state index in [1.807, 2.05) is 12.1 Å². The lowest BCUT2D eigenvalue weighted by molar-refractivity contribution is 0.633. The number of hydrogen-bond donors (Lipinski definition) is 2. The number of hydrogen-bond acceptors (Lipinski definition) is 3. The number of thiophene rings is 1. The van der Waals surface area contributed by atoms with Crippen LogP contribution in [-0.2, 0) is 6.54 Å². The second kappa shape index (κ2) is 4.84. The Morgan fingerprint density at radius 3 is 2.81 bits per heavy atom. The van der Waals surface area contributed by atoms with E-state index < -0.39 is 5.82 Å². The summed E-state index contributed by atoms with van der Waals surface area (Å²) in [5, 5.41) is 3.11. The van der Waals surface area contributed by atoms with E-state index >= 15 is 0 Å². The fraction of sp³-hybridized carbons (Fsp3) is 0.0909. The number of nitrogens with one attached hydrogen (secondary N) is 1. The summed E-state index contributed by atoms with van der Waals surface area (Å²) in [6.07, 6.45) is 0. The molecule has 1 aromatic carbocycles. The van der Waals surface area contributed by atoms with Crippen LogP contribution in [0.15, 0.2) is 34.1 Å². The van der Waals surface area contributed by atoms with Gasteiger partial charge < -0.3 is 11.1 Å². The molecule has 0 aliphatic rings. The zero-order valence-electron chi connectivity index (χ0n) is 8.34. The largest absolute Gasteiger partial charge is 0.395 e. The second-order valence-electron chi connectivity index (χ2n) is 3.26. The maximum Gasteiger partial charge on any atom is 0.148 e. The van der Waals surface area contributed by atoms with Crippen LogP contribution in [0.5, 0.6) is 0 Å². The van der Waals surface area contributed by atoms with Crippen LogP contribution < -0.4 is 11.1 Å². The molecule has 0 saturated carbocycles. The second-order valence-corrected chi connectivity index (χ2v) is 5.81. The summed E-state index contributed by atoms with van der Waals surface area (Å²) in [6, 6.07) is 8.75. The Bertz CT molecular complexity index is 498. The maximum absolute atomic E-state index is 13.1. The van der Waals surface area contributed by atoms with Crippen molar-refractivity contribution < 1.29 is 4.39 Å². The first-order valence-electron chi connectivity index (χ1n) is 4.69. The highest BCUT2D eigenvalue weighted by Gasteiger charge is 2.04. The molecule has 3 N–H and O–H groups in total. The Kier molecular flexibility index (Phi) is 3.46. The summed E-state index contributed by atoms with van der Waals surface area (Å²) < 4.78 is 14.2. The quantitative estimate of drug-likeness (QED) is 0.845. The predicted octanol–water partition coefficient (Wildman–Crippen LogP) is 3.84. The zero-order chi connectivity index (χ0) is 11.5.